The van der Waals surface area contributed by atoms with Gasteiger partial charge in [-0.3, -0.25) is 18.6 Å². The van der Waals surface area contributed by atoms with Gasteiger partial charge in [-0.1, -0.05) is 172 Å². The molecule has 0 aromatic heterocycles. The first kappa shape index (κ1) is 52.0. The molecule has 0 aliphatic rings. The first-order valence-corrected chi connectivity index (χ1v) is 22.9. The van der Waals surface area contributed by atoms with Gasteiger partial charge in [0.2, 0.25) is 0 Å². The summed E-state index contributed by atoms with van der Waals surface area (Å²) in [4.78, 5) is 35.3. The number of hydrogen-bond donors (Lipinski definition) is 1. The molecule has 0 rings (SSSR count). The lowest BCUT2D eigenvalue weighted by atomic mass is 10.0. The van der Waals surface area contributed by atoms with Crippen molar-refractivity contribution in [2.24, 2.45) is 0 Å². The lowest BCUT2D eigenvalue weighted by Gasteiger charge is -2.24. The summed E-state index contributed by atoms with van der Waals surface area (Å²) in [7, 11) is 1.46. The van der Waals surface area contributed by atoms with E-state index >= 15 is 0 Å². The number of carbonyl (C=O) groups is 2. The number of likely N-dealkylation sites (N-methyl/N-ethyl adjacent to an activating group) is 1. The number of quaternary nitrogens is 1. The van der Waals surface area contributed by atoms with Crippen LogP contribution in [0.15, 0.2) is 48.6 Å². The van der Waals surface area contributed by atoms with Crippen LogP contribution in [0.1, 0.15) is 168 Å². The zero-order chi connectivity index (χ0) is 40.0. The van der Waals surface area contributed by atoms with E-state index in [0.717, 1.165) is 51.4 Å². The van der Waals surface area contributed by atoms with Crippen LogP contribution in [-0.4, -0.2) is 74.9 Å². The van der Waals surface area contributed by atoms with Gasteiger partial charge in [0.1, 0.15) is 19.8 Å². The molecular formula is C44H81NO8P+. The Kier molecular flexibility index (Phi) is 35.2. The van der Waals surface area contributed by atoms with Crippen molar-refractivity contribution in [1.29, 1.82) is 0 Å². The first-order valence-electron chi connectivity index (χ1n) is 21.4. The number of ether oxygens (including phenoxy) is 2. The molecule has 0 spiro atoms. The molecular weight excluding hydrogens is 701 g/mol. The fraction of sp³-hybridized carbons (Fsp3) is 0.773. The van der Waals surface area contributed by atoms with Crippen molar-refractivity contribution >= 4 is 19.8 Å². The van der Waals surface area contributed by atoms with Crippen LogP contribution in [0.3, 0.4) is 0 Å². The lowest BCUT2D eigenvalue weighted by Crippen LogP contribution is -2.37. The molecule has 0 aromatic rings. The summed E-state index contributed by atoms with van der Waals surface area (Å²) in [6.07, 6.45) is 41.5. The van der Waals surface area contributed by atoms with Gasteiger partial charge in [0.25, 0.3) is 0 Å². The number of allylic oxidation sites excluding steroid dienone is 8. The van der Waals surface area contributed by atoms with Gasteiger partial charge < -0.3 is 18.9 Å². The number of esters is 2. The highest BCUT2D eigenvalue weighted by Gasteiger charge is 2.27. The Morgan fingerprint density at radius 2 is 1.06 bits per heavy atom. The van der Waals surface area contributed by atoms with E-state index < -0.39 is 32.5 Å². The molecule has 0 amide bonds. The van der Waals surface area contributed by atoms with Crippen LogP contribution >= 0.6 is 7.82 Å². The maximum Gasteiger partial charge on any atom is 0.472 e. The van der Waals surface area contributed by atoms with Crippen molar-refractivity contribution in [3.05, 3.63) is 48.6 Å². The Morgan fingerprint density at radius 3 is 1.57 bits per heavy atom. The van der Waals surface area contributed by atoms with Crippen LogP contribution in [0.5, 0.6) is 0 Å². The predicted octanol–water partition coefficient (Wildman–Crippen LogP) is 11.9. The van der Waals surface area contributed by atoms with Crippen molar-refractivity contribution in [2.45, 2.75) is 174 Å². The largest absolute Gasteiger partial charge is 0.472 e. The van der Waals surface area contributed by atoms with Crippen molar-refractivity contribution in [2.75, 3.05) is 47.5 Å². The SMILES string of the molecule is CC/C=C/C=C/C=C/C=C/CCCCCCCC(=O)OC[C@H](COP(=O)(O)OCC[N+](C)(C)C)OC(=O)CCCCCCCCCCCCCCCCC. The van der Waals surface area contributed by atoms with E-state index in [1.54, 1.807) is 0 Å². The molecule has 0 aliphatic heterocycles. The highest BCUT2D eigenvalue weighted by atomic mass is 31.2. The van der Waals surface area contributed by atoms with Gasteiger partial charge in [0.15, 0.2) is 6.10 Å². The summed E-state index contributed by atoms with van der Waals surface area (Å²) < 4.78 is 34.3. The van der Waals surface area contributed by atoms with Gasteiger partial charge in [-0.05, 0) is 32.1 Å². The first-order chi connectivity index (χ1) is 26.0. The number of rotatable bonds is 38. The van der Waals surface area contributed by atoms with E-state index in [1.165, 1.54) is 77.0 Å². The van der Waals surface area contributed by atoms with E-state index in [1.807, 2.05) is 51.5 Å². The topological polar surface area (TPSA) is 108 Å². The summed E-state index contributed by atoms with van der Waals surface area (Å²) >= 11 is 0. The van der Waals surface area contributed by atoms with Crippen LogP contribution in [0.4, 0.5) is 0 Å². The van der Waals surface area contributed by atoms with Crippen LogP contribution < -0.4 is 0 Å². The monoisotopic (exact) mass is 783 g/mol. The van der Waals surface area contributed by atoms with E-state index in [2.05, 4.69) is 32.1 Å². The third-order valence-electron chi connectivity index (χ3n) is 8.97. The maximum absolute atomic E-state index is 12.7. The highest BCUT2D eigenvalue weighted by Crippen LogP contribution is 2.43. The minimum absolute atomic E-state index is 0.0270. The number of phosphoric ester groups is 1. The Morgan fingerprint density at radius 1 is 0.593 bits per heavy atom. The number of phosphoric acid groups is 1. The number of carbonyl (C=O) groups excluding carboxylic acids is 2. The Labute approximate surface area is 331 Å². The number of unbranched alkanes of at least 4 members (excludes halogenated alkanes) is 19. The molecule has 0 radical (unpaired) electrons. The fourth-order valence-electron chi connectivity index (χ4n) is 5.61. The Bertz CT molecular complexity index is 1070. The molecule has 0 heterocycles. The van der Waals surface area contributed by atoms with E-state index in [4.69, 9.17) is 18.5 Å². The molecule has 10 heteroatoms. The summed E-state index contributed by atoms with van der Waals surface area (Å²) in [5.74, 6) is -0.825. The predicted molar refractivity (Wildman–Crippen MR) is 224 cm³/mol. The molecule has 2 atom stereocenters. The lowest BCUT2D eigenvalue weighted by molar-refractivity contribution is -0.870. The molecule has 0 aliphatic carbocycles. The molecule has 0 saturated carbocycles. The van der Waals surface area contributed by atoms with Crippen molar-refractivity contribution in [3.63, 3.8) is 0 Å². The van der Waals surface area contributed by atoms with Crippen molar-refractivity contribution in [3.8, 4) is 0 Å². The fourth-order valence-corrected chi connectivity index (χ4v) is 6.35. The maximum atomic E-state index is 12.7. The molecule has 9 nitrogen and oxygen atoms in total. The molecule has 1 N–H and O–H groups in total. The summed E-state index contributed by atoms with van der Waals surface area (Å²) in [6.45, 7) is 4.25. The Hall–Kier alpha value is -2.03. The second-order valence-corrected chi connectivity index (χ2v) is 16.9. The molecule has 0 bridgehead atoms. The van der Waals surface area contributed by atoms with Gasteiger partial charge in [-0.2, -0.15) is 0 Å². The van der Waals surface area contributed by atoms with E-state index in [-0.39, 0.29) is 26.1 Å². The third kappa shape index (κ3) is 39.7. The third-order valence-corrected chi connectivity index (χ3v) is 9.95. The minimum atomic E-state index is -4.38. The molecule has 1 unspecified atom stereocenters. The molecule has 0 fully saturated rings. The average molecular weight is 783 g/mol. The van der Waals surface area contributed by atoms with Gasteiger partial charge in [-0.15, -0.1) is 0 Å². The zero-order valence-corrected chi connectivity index (χ0v) is 36.1. The van der Waals surface area contributed by atoms with Gasteiger partial charge in [0.05, 0.1) is 27.7 Å². The van der Waals surface area contributed by atoms with E-state index in [9.17, 15) is 19.0 Å². The normalized spacial score (nSPS) is 14.1. The zero-order valence-electron chi connectivity index (χ0n) is 35.2. The van der Waals surface area contributed by atoms with Crippen LogP contribution in [0, 0.1) is 0 Å². The molecule has 0 aromatic carbocycles. The Balaban J connectivity index is 4.41. The molecule has 314 valence electrons. The summed E-state index contributed by atoms with van der Waals surface area (Å²) in [6, 6.07) is 0. The number of hydrogen-bond acceptors (Lipinski definition) is 7. The summed E-state index contributed by atoms with van der Waals surface area (Å²) in [5, 5.41) is 0. The van der Waals surface area contributed by atoms with Crippen LogP contribution in [0.25, 0.3) is 0 Å². The second-order valence-electron chi connectivity index (χ2n) is 15.4. The second kappa shape index (κ2) is 36.6. The minimum Gasteiger partial charge on any atom is -0.462 e. The molecule has 54 heavy (non-hydrogen) atoms. The molecule has 0 saturated heterocycles. The summed E-state index contributed by atoms with van der Waals surface area (Å²) in [5.41, 5.74) is 0. The van der Waals surface area contributed by atoms with Crippen LogP contribution in [-0.2, 0) is 32.7 Å². The highest BCUT2D eigenvalue weighted by molar-refractivity contribution is 7.47. The van der Waals surface area contributed by atoms with Gasteiger partial charge >= 0.3 is 19.8 Å². The van der Waals surface area contributed by atoms with Gasteiger partial charge in [0, 0.05) is 12.8 Å². The average Bonchev–Trinajstić information content (AvgIpc) is 3.12. The van der Waals surface area contributed by atoms with Crippen molar-refractivity contribution in [1.82, 2.24) is 0 Å². The standard InChI is InChI=1S/C44H80NO8P/c1-6-8-10-12-14-16-18-20-22-24-26-28-30-32-34-36-43(46)50-40-42(41-52-54(48,49)51-39-38-45(3,4)5)53-44(47)37-35-33-31-29-27-25-23-21-19-17-15-13-11-9-7-2/h8,10,12,14,16,18,20,22,42H,6-7,9,11,13,15,17,19,21,23-41H2,1-5H3/p+1/b10-8+,14-12+,18-16+,22-20+/t42-/m1/s1. The quantitative estimate of drug-likeness (QED) is 0.0217. The number of nitrogens with zero attached hydrogens (tertiary/aromatic N) is 1. The van der Waals surface area contributed by atoms with Crippen LogP contribution in [0.2, 0.25) is 0 Å². The smallest absolute Gasteiger partial charge is 0.462 e. The van der Waals surface area contributed by atoms with Crippen molar-refractivity contribution < 1.29 is 42.1 Å². The van der Waals surface area contributed by atoms with Gasteiger partial charge in [-0.25, -0.2) is 4.57 Å². The van der Waals surface area contributed by atoms with E-state index in [0.29, 0.717) is 23.9 Å².